The fraction of sp³-hybridized carbons (Fsp3) is 0.727. The van der Waals surface area contributed by atoms with Crippen LogP contribution in [0.4, 0.5) is 0 Å². The highest BCUT2D eigenvalue weighted by Gasteiger charge is 2.15. The molecule has 0 aliphatic carbocycles. The van der Waals surface area contributed by atoms with Crippen LogP contribution in [-0.4, -0.2) is 31.6 Å². The van der Waals surface area contributed by atoms with Crippen molar-refractivity contribution in [2.24, 2.45) is 0 Å². The smallest absolute Gasteiger partial charge is 0.313 e. The summed E-state index contributed by atoms with van der Waals surface area (Å²) < 4.78 is 2.03. The lowest BCUT2D eigenvalue weighted by atomic mass is 10.1. The van der Waals surface area contributed by atoms with Gasteiger partial charge in [-0.2, -0.15) is 0 Å². The second-order valence-electron chi connectivity index (χ2n) is 4.07. The van der Waals surface area contributed by atoms with Crippen molar-refractivity contribution in [1.82, 2.24) is 14.8 Å². The first-order valence-electron chi connectivity index (χ1n) is 5.82. The van der Waals surface area contributed by atoms with Crippen LogP contribution in [0.5, 0.6) is 0 Å². The van der Waals surface area contributed by atoms with Crippen molar-refractivity contribution in [2.45, 2.75) is 51.2 Å². The lowest BCUT2D eigenvalue weighted by molar-refractivity contribution is -0.133. The van der Waals surface area contributed by atoms with Gasteiger partial charge in [0.05, 0.1) is 5.75 Å². The van der Waals surface area contributed by atoms with Crippen LogP contribution >= 0.6 is 11.8 Å². The van der Waals surface area contributed by atoms with E-state index in [1.165, 1.54) is 11.8 Å². The Morgan fingerprint density at radius 2 is 2.24 bits per heavy atom. The molecule has 1 heterocycles. The molecule has 1 aromatic heterocycles. The summed E-state index contributed by atoms with van der Waals surface area (Å²) in [5, 5.41) is 17.4. The topological polar surface area (TPSA) is 68.0 Å². The fourth-order valence-electron chi connectivity index (χ4n) is 1.71. The van der Waals surface area contributed by atoms with E-state index in [1.54, 1.807) is 0 Å². The molecule has 0 saturated carbocycles. The maximum Gasteiger partial charge on any atom is 0.313 e. The second kappa shape index (κ2) is 6.64. The maximum atomic E-state index is 10.6. The molecule has 0 aromatic carbocycles. The molecule has 17 heavy (non-hydrogen) atoms. The Morgan fingerprint density at radius 1 is 1.53 bits per heavy atom. The first-order valence-corrected chi connectivity index (χ1v) is 6.81. The van der Waals surface area contributed by atoms with E-state index in [4.69, 9.17) is 5.11 Å². The Balaban J connectivity index is 2.74. The third kappa shape index (κ3) is 4.03. The molecule has 5 nitrogen and oxygen atoms in total. The molecule has 0 aliphatic rings. The molecule has 0 aliphatic heterocycles. The van der Waals surface area contributed by atoms with Crippen LogP contribution < -0.4 is 0 Å². The summed E-state index contributed by atoms with van der Waals surface area (Å²) >= 11 is 1.23. The number of carboxylic acids is 1. The van der Waals surface area contributed by atoms with Gasteiger partial charge in [-0.3, -0.25) is 4.79 Å². The molecular weight excluding hydrogens is 238 g/mol. The van der Waals surface area contributed by atoms with Crippen LogP contribution in [0.15, 0.2) is 5.16 Å². The van der Waals surface area contributed by atoms with E-state index >= 15 is 0 Å². The zero-order chi connectivity index (χ0) is 12.8. The van der Waals surface area contributed by atoms with Gasteiger partial charge in [0.1, 0.15) is 5.82 Å². The van der Waals surface area contributed by atoms with Crippen molar-refractivity contribution in [3.8, 4) is 0 Å². The summed E-state index contributed by atoms with van der Waals surface area (Å²) in [6.07, 6.45) is 3.38. The van der Waals surface area contributed by atoms with Crippen LogP contribution in [-0.2, 0) is 4.79 Å². The van der Waals surface area contributed by atoms with Crippen molar-refractivity contribution in [1.29, 1.82) is 0 Å². The fourth-order valence-corrected chi connectivity index (χ4v) is 2.51. The van der Waals surface area contributed by atoms with Gasteiger partial charge in [0.15, 0.2) is 5.16 Å². The van der Waals surface area contributed by atoms with Crippen LogP contribution in [0.25, 0.3) is 0 Å². The number of unbranched alkanes of at least 4 members (excludes halogenated alkanes) is 1. The van der Waals surface area contributed by atoms with E-state index in [1.807, 2.05) is 11.5 Å². The largest absolute Gasteiger partial charge is 0.481 e. The predicted octanol–water partition coefficient (Wildman–Crippen LogP) is 2.51. The van der Waals surface area contributed by atoms with Gasteiger partial charge in [-0.25, -0.2) is 0 Å². The van der Waals surface area contributed by atoms with E-state index < -0.39 is 5.97 Å². The Kier molecular flexibility index (Phi) is 5.47. The van der Waals surface area contributed by atoms with Crippen LogP contribution in [0.2, 0.25) is 0 Å². The minimum atomic E-state index is -0.830. The zero-order valence-corrected chi connectivity index (χ0v) is 11.3. The van der Waals surface area contributed by atoms with Gasteiger partial charge < -0.3 is 9.67 Å². The molecule has 6 heteroatoms. The second-order valence-corrected chi connectivity index (χ2v) is 5.02. The first-order chi connectivity index (χ1) is 8.06. The quantitative estimate of drug-likeness (QED) is 0.760. The van der Waals surface area contributed by atoms with Crippen LogP contribution in [0, 0.1) is 6.92 Å². The summed E-state index contributed by atoms with van der Waals surface area (Å²) in [4.78, 5) is 10.6. The van der Waals surface area contributed by atoms with Gasteiger partial charge in [0, 0.05) is 6.04 Å². The van der Waals surface area contributed by atoms with Gasteiger partial charge >= 0.3 is 5.97 Å². The maximum absolute atomic E-state index is 10.6. The lowest BCUT2D eigenvalue weighted by Crippen LogP contribution is -2.09. The summed E-state index contributed by atoms with van der Waals surface area (Å²) in [6, 6.07) is 0.321. The first kappa shape index (κ1) is 14.0. The molecule has 1 N–H and O–H groups in total. The molecule has 1 atom stereocenters. The molecule has 0 amide bonds. The number of rotatable bonds is 7. The number of carboxylic acid groups (broad SMARTS) is 1. The Labute approximate surface area is 106 Å². The summed E-state index contributed by atoms with van der Waals surface area (Å²) in [7, 11) is 0. The molecule has 0 fully saturated rings. The van der Waals surface area contributed by atoms with Crippen molar-refractivity contribution in [3.63, 3.8) is 0 Å². The molecule has 0 saturated heterocycles. The number of hydrogen-bond donors (Lipinski definition) is 1. The zero-order valence-electron chi connectivity index (χ0n) is 10.5. The van der Waals surface area contributed by atoms with Crippen molar-refractivity contribution in [2.75, 3.05) is 5.75 Å². The van der Waals surface area contributed by atoms with E-state index in [9.17, 15) is 4.79 Å². The van der Waals surface area contributed by atoms with Crippen molar-refractivity contribution in [3.05, 3.63) is 5.82 Å². The van der Waals surface area contributed by atoms with Gasteiger partial charge in [-0.15, -0.1) is 10.2 Å². The van der Waals surface area contributed by atoms with E-state index in [0.717, 1.165) is 25.1 Å². The Bertz CT molecular complexity index is 379. The summed E-state index contributed by atoms with van der Waals surface area (Å²) in [5.74, 6) is 0.0449. The molecule has 0 radical (unpaired) electrons. The molecule has 1 rings (SSSR count). The number of hydrogen-bond acceptors (Lipinski definition) is 4. The highest BCUT2D eigenvalue weighted by molar-refractivity contribution is 7.99. The Morgan fingerprint density at radius 3 is 2.82 bits per heavy atom. The predicted molar refractivity (Wildman–Crippen MR) is 67.4 cm³/mol. The van der Waals surface area contributed by atoms with E-state index in [0.29, 0.717) is 11.2 Å². The highest BCUT2D eigenvalue weighted by Crippen LogP contribution is 2.24. The third-order valence-electron chi connectivity index (χ3n) is 2.58. The lowest BCUT2D eigenvalue weighted by Gasteiger charge is -2.16. The third-order valence-corrected chi connectivity index (χ3v) is 3.50. The van der Waals surface area contributed by atoms with Crippen LogP contribution in [0.3, 0.4) is 0 Å². The Hall–Kier alpha value is -1.04. The van der Waals surface area contributed by atoms with Crippen LogP contribution in [0.1, 0.15) is 45.0 Å². The molecule has 0 bridgehead atoms. The standard InChI is InChI=1S/C11H19N3O2S/c1-4-5-6-8(2)14-9(3)12-13-11(14)17-7-10(15)16/h8H,4-7H2,1-3H3,(H,15,16). The normalized spacial score (nSPS) is 12.6. The molecule has 0 spiro atoms. The van der Waals surface area contributed by atoms with E-state index in [2.05, 4.69) is 24.0 Å². The van der Waals surface area contributed by atoms with Crippen molar-refractivity contribution >= 4 is 17.7 Å². The summed E-state index contributed by atoms with van der Waals surface area (Å²) in [5.41, 5.74) is 0. The minimum Gasteiger partial charge on any atom is -0.481 e. The number of aliphatic carboxylic acids is 1. The van der Waals surface area contributed by atoms with E-state index in [-0.39, 0.29) is 5.75 Å². The van der Waals surface area contributed by atoms with Gasteiger partial charge in [-0.05, 0) is 20.3 Å². The minimum absolute atomic E-state index is 0.0264. The molecular formula is C11H19N3O2S. The number of carbonyl (C=O) groups is 1. The SMILES string of the molecule is CCCCC(C)n1c(C)nnc1SCC(=O)O. The molecule has 1 aromatic rings. The summed E-state index contributed by atoms with van der Waals surface area (Å²) in [6.45, 7) is 6.18. The number of thioether (sulfide) groups is 1. The van der Waals surface area contributed by atoms with Gasteiger partial charge in [0.2, 0.25) is 0 Å². The average Bonchev–Trinajstić information content (AvgIpc) is 2.64. The molecule has 1 unspecified atom stereocenters. The van der Waals surface area contributed by atoms with Gasteiger partial charge in [-0.1, -0.05) is 31.5 Å². The molecule has 96 valence electrons. The number of aromatic nitrogens is 3. The number of nitrogens with zero attached hydrogens (tertiary/aromatic N) is 3. The average molecular weight is 257 g/mol. The van der Waals surface area contributed by atoms with Crippen molar-refractivity contribution < 1.29 is 9.90 Å². The highest BCUT2D eigenvalue weighted by atomic mass is 32.2. The van der Waals surface area contributed by atoms with Gasteiger partial charge in [0.25, 0.3) is 0 Å². The number of aryl methyl sites for hydroxylation is 1. The monoisotopic (exact) mass is 257 g/mol.